The molecule has 1 heterocycles. The van der Waals surface area contributed by atoms with E-state index in [0.29, 0.717) is 23.6 Å². The quantitative estimate of drug-likeness (QED) is 0.628. The summed E-state index contributed by atoms with van der Waals surface area (Å²) in [5.74, 6) is 0.396. The van der Waals surface area contributed by atoms with Gasteiger partial charge in [0.2, 0.25) is 0 Å². The maximum atomic E-state index is 11.6. The number of nitrogens with zero attached hydrogens (tertiary/aromatic N) is 1. The minimum Gasteiger partial charge on any atom is -0.482 e. The molecule has 0 fully saturated rings. The molecule has 0 spiro atoms. The van der Waals surface area contributed by atoms with Gasteiger partial charge < -0.3 is 14.8 Å². The summed E-state index contributed by atoms with van der Waals surface area (Å²) in [5.41, 5.74) is 6.58. The van der Waals surface area contributed by atoms with Crippen LogP contribution in [0.25, 0.3) is 0 Å². The smallest absolute Gasteiger partial charge is 0.427 e. The number of hydrogen-bond acceptors (Lipinski definition) is 5. The lowest BCUT2D eigenvalue weighted by Gasteiger charge is -2.19. The van der Waals surface area contributed by atoms with Crippen LogP contribution < -0.4 is 15.5 Å². The van der Waals surface area contributed by atoms with Gasteiger partial charge in [0.05, 0.1) is 18.0 Å². The predicted octanol–water partition coefficient (Wildman–Crippen LogP) is 3.02. The van der Waals surface area contributed by atoms with E-state index in [9.17, 15) is 9.59 Å². The third kappa shape index (κ3) is 4.84. The van der Waals surface area contributed by atoms with Crippen molar-refractivity contribution in [3.63, 3.8) is 0 Å². The Morgan fingerprint density at radius 3 is 2.93 bits per heavy atom. The summed E-state index contributed by atoms with van der Waals surface area (Å²) in [6, 6.07) is 13.5. The number of nitrogens with one attached hydrogen (secondary N) is 2. The number of carbonyl (C=O) groups excluding carboxylic acids is 2. The molecule has 2 aromatic rings. The number of ether oxygens (including phenoxy) is 2. The van der Waals surface area contributed by atoms with Gasteiger partial charge in [0.25, 0.3) is 5.91 Å². The van der Waals surface area contributed by atoms with Crippen LogP contribution in [0.5, 0.6) is 5.75 Å². The summed E-state index contributed by atoms with van der Waals surface area (Å²) >= 11 is 0. The lowest BCUT2D eigenvalue weighted by molar-refractivity contribution is -0.118. The Hall–Kier alpha value is -3.35. The third-order valence-corrected chi connectivity index (χ3v) is 3.96. The normalized spacial score (nSPS) is 13.3. The second-order valence-corrected chi connectivity index (χ2v) is 6.10. The highest BCUT2D eigenvalue weighted by Crippen LogP contribution is 2.29. The summed E-state index contributed by atoms with van der Waals surface area (Å²) in [6.45, 7) is 4.00. The molecule has 0 bridgehead atoms. The van der Waals surface area contributed by atoms with Crippen LogP contribution >= 0.6 is 0 Å². The van der Waals surface area contributed by atoms with Crippen LogP contribution in [-0.4, -0.2) is 30.9 Å². The van der Waals surface area contributed by atoms with Crippen LogP contribution in [-0.2, 0) is 16.0 Å². The molecule has 1 aliphatic rings. The van der Waals surface area contributed by atoms with Crippen molar-refractivity contribution >= 4 is 23.4 Å². The van der Waals surface area contributed by atoms with Gasteiger partial charge in [-0.3, -0.25) is 4.79 Å². The zero-order valence-corrected chi connectivity index (χ0v) is 15.2. The molecule has 3 rings (SSSR count). The summed E-state index contributed by atoms with van der Waals surface area (Å²) in [6.07, 6.45) is -0.115. The molecule has 0 saturated heterocycles. The van der Waals surface area contributed by atoms with E-state index in [0.717, 1.165) is 16.7 Å². The maximum Gasteiger partial charge on any atom is 0.427 e. The Balaban J connectivity index is 1.91. The number of anilines is 1. The summed E-state index contributed by atoms with van der Waals surface area (Å²) in [4.78, 5) is 23.2. The monoisotopic (exact) mass is 367 g/mol. The molecule has 7 heteroatoms. The Labute approximate surface area is 157 Å². The minimum atomic E-state index is -0.617. The highest BCUT2D eigenvalue weighted by molar-refractivity contribution is 6.04. The van der Waals surface area contributed by atoms with Crippen LogP contribution in [0.4, 0.5) is 10.5 Å². The molecule has 0 aromatic heterocycles. The fourth-order valence-corrected chi connectivity index (χ4v) is 2.76. The summed E-state index contributed by atoms with van der Waals surface area (Å²) < 4.78 is 10.3. The fraction of sp³-hybridized carbons (Fsp3) is 0.250. The topological polar surface area (TPSA) is 89.0 Å². The Bertz CT molecular complexity index is 893. The van der Waals surface area contributed by atoms with Crippen molar-refractivity contribution < 1.29 is 19.1 Å². The molecule has 7 nitrogen and oxygen atoms in total. The van der Waals surface area contributed by atoms with Gasteiger partial charge in [0.15, 0.2) is 6.61 Å². The summed E-state index contributed by atoms with van der Waals surface area (Å²) in [5, 5.41) is 7.03. The van der Waals surface area contributed by atoms with Crippen LogP contribution in [0.1, 0.15) is 23.6 Å². The zero-order valence-electron chi connectivity index (χ0n) is 15.2. The van der Waals surface area contributed by atoms with Crippen molar-refractivity contribution in [2.45, 2.75) is 20.3 Å². The number of aryl methyl sites for hydroxylation is 1. The van der Waals surface area contributed by atoms with Crippen molar-refractivity contribution in [2.75, 3.05) is 18.5 Å². The van der Waals surface area contributed by atoms with E-state index >= 15 is 0 Å². The van der Waals surface area contributed by atoms with Gasteiger partial charge in [-0.2, -0.15) is 5.10 Å². The summed E-state index contributed by atoms with van der Waals surface area (Å²) in [7, 11) is 0. The number of benzene rings is 2. The molecular weight excluding hydrogens is 346 g/mol. The third-order valence-electron chi connectivity index (χ3n) is 3.96. The first kappa shape index (κ1) is 18.4. The van der Waals surface area contributed by atoms with Gasteiger partial charge >= 0.3 is 6.09 Å². The van der Waals surface area contributed by atoms with Crippen LogP contribution in [0.15, 0.2) is 47.6 Å². The SMILES string of the molecule is CCOC(=O)N/N=C(\Cc1cccc(C)c1)c1ccc2c(c1)NC(=O)CO2. The second kappa shape index (κ2) is 8.35. The maximum absolute atomic E-state index is 11.6. The lowest BCUT2D eigenvalue weighted by atomic mass is 10.00. The number of carbonyl (C=O) groups is 2. The lowest BCUT2D eigenvalue weighted by Crippen LogP contribution is -2.26. The molecule has 0 atom stereocenters. The van der Waals surface area contributed by atoms with Gasteiger partial charge in [-0.25, -0.2) is 10.2 Å². The number of fused-ring (bicyclic) bond motifs is 1. The van der Waals surface area contributed by atoms with Crippen LogP contribution in [0.2, 0.25) is 0 Å². The van der Waals surface area contributed by atoms with E-state index in [4.69, 9.17) is 9.47 Å². The molecule has 0 saturated carbocycles. The molecule has 1 aliphatic heterocycles. The predicted molar refractivity (Wildman–Crippen MR) is 102 cm³/mol. The van der Waals surface area contributed by atoms with E-state index in [1.54, 1.807) is 19.1 Å². The van der Waals surface area contributed by atoms with E-state index in [1.165, 1.54) is 0 Å². The van der Waals surface area contributed by atoms with E-state index in [2.05, 4.69) is 21.9 Å². The van der Waals surface area contributed by atoms with Gasteiger partial charge in [0, 0.05) is 12.0 Å². The fourth-order valence-electron chi connectivity index (χ4n) is 2.76. The van der Waals surface area contributed by atoms with Gasteiger partial charge in [0.1, 0.15) is 5.75 Å². The van der Waals surface area contributed by atoms with E-state index < -0.39 is 6.09 Å². The van der Waals surface area contributed by atoms with E-state index in [-0.39, 0.29) is 19.1 Å². The van der Waals surface area contributed by atoms with Gasteiger partial charge in [-0.15, -0.1) is 0 Å². The van der Waals surface area contributed by atoms with Crippen molar-refractivity contribution in [1.29, 1.82) is 0 Å². The van der Waals surface area contributed by atoms with E-state index in [1.807, 2.05) is 31.2 Å². The highest BCUT2D eigenvalue weighted by Gasteiger charge is 2.18. The van der Waals surface area contributed by atoms with Crippen molar-refractivity contribution in [1.82, 2.24) is 5.43 Å². The Morgan fingerprint density at radius 2 is 2.15 bits per heavy atom. The van der Waals surface area contributed by atoms with Crippen molar-refractivity contribution in [3.8, 4) is 5.75 Å². The molecule has 27 heavy (non-hydrogen) atoms. The van der Waals surface area contributed by atoms with Crippen LogP contribution in [0.3, 0.4) is 0 Å². The molecule has 140 valence electrons. The standard InChI is InChI=1S/C20H21N3O4/c1-3-26-20(25)23-22-16(10-14-6-4-5-13(2)9-14)15-7-8-18-17(11-15)21-19(24)12-27-18/h4-9,11H,3,10,12H2,1-2H3,(H,21,24)(H,23,25)/b22-16+. The Kier molecular flexibility index (Phi) is 5.71. The zero-order chi connectivity index (χ0) is 19.2. The highest BCUT2D eigenvalue weighted by atomic mass is 16.5. The molecule has 0 unspecified atom stereocenters. The number of rotatable bonds is 5. The number of amides is 2. The Morgan fingerprint density at radius 1 is 1.30 bits per heavy atom. The molecular formula is C20H21N3O4. The van der Waals surface area contributed by atoms with Crippen molar-refractivity contribution in [2.24, 2.45) is 5.10 Å². The second-order valence-electron chi connectivity index (χ2n) is 6.10. The molecule has 0 aliphatic carbocycles. The van der Waals surface area contributed by atoms with Crippen molar-refractivity contribution in [3.05, 3.63) is 59.2 Å². The number of hydrogen-bond donors (Lipinski definition) is 2. The molecule has 2 N–H and O–H groups in total. The average Bonchev–Trinajstić information content (AvgIpc) is 2.65. The molecule has 2 aromatic carbocycles. The van der Waals surface area contributed by atoms with Gasteiger partial charge in [-0.1, -0.05) is 29.8 Å². The molecule has 0 radical (unpaired) electrons. The van der Waals surface area contributed by atoms with Crippen LogP contribution in [0, 0.1) is 6.92 Å². The number of hydrazone groups is 1. The average molecular weight is 367 g/mol. The minimum absolute atomic E-state index is 0.000991. The van der Waals surface area contributed by atoms with Gasteiger partial charge in [-0.05, 0) is 37.6 Å². The molecule has 2 amide bonds. The first-order valence-corrected chi connectivity index (χ1v) is 8.67. The first-order chi connectivity index (χ1) is 13.0. The largest absolute Gasteiger partial charge is 0.482 e. The first-order valence-electron chi connectivity index (χ1n) is 8.67.